The number of hydrogen-bond donors (Lipinski definition) is 0. The fraction of sp³-hybridized carbons (Fsp3) is 0.545. The molecule has 3 nitrogen and oxygen atoms in total. The molecule has 0 saturated carbocycles. The van der Waals surface area contributed by atoms with Crippen molar-refractivity contribution in [2.75, 3.05) is 18.1 Å². The van der Waals surface area contributed by atoms with E-state index in [1.165, 1.54) is 0 Å². The van der Waals surface area contributed by atoms with Gasteiger partial charge in [-0.25, -0.2) is 9.37 Å². The molecule has 2 unspecified atom stereocenters. The van der Waals surface area contributed by atoms with Crippen molar-refractivity contribution in [1.82, 2.24) is 4.98 Å². The predicted octanol–water partition coefficient (Wildman–Crippen LogP) is 1.70. The molecular formula is C11H13FN2O. The van der Waals surface area contributed by atoms with E-state index in [-0.39, 0.29) is 6.04 Å². The third-order valence-corrected chi connectivity index (χ3v) is 3.14. The van der Waals surface area contributed by atoms with Gasteiger partial charge in [-0.15, -0.1) is 0 Å². The van der Waals surface area contributed by atoms with Gasteiger partial charge in [0.15, 0.2) is 11.6 Å². The summed E-state index contributed by atoms with van der Waals surface area (Å²) < 4.78 is 18.9. The standard InChI is InChI=1S/C11H13FN2O/c1-7-2-3-13-11-10(7)15-6-9-4-8(12)5-14(9)11/h2-3,8-9H,4-6H2,1H3. The number of halogens is 1. The summed E-state index contributed by atoms with van der Waals surface area (Å²) in [6, 6.07) is 2.09. The molecule has 0 spiro atoms. The van der Waals surface area contributed by atoms with Crippen LogP contribution in [0.3, 0.4) is 0 Å². The topological polar surface area (TPSA) is 25.4 Å². The highest BCUT2D eigenvalue weighted by Gasteiger charge is 2.38. The molecule has 0 bridgehead atoms. The molecule has 1 aromatic heterocycles. The summed E-state index contributed by atoms with van der Waals surface area (Å²) in [4.78, 5) is 6.33. The van der Waals surface area contributed by atoms with Crippen LogP contribution in [0.1, 0.15) is 12.0 Å². The van der Waals surface area contributed by atoms with E-state index in [0.717, 1.165) is 17.1 Å². The molecule has 15 heavy (non-hydrogen) atoms. The van der Waals surface area contributed by atoms with E-state index in [1.807, 2.05) is 17.9 Å². The number of anilines is 1. The lowest BCUT2D eigenvalue weighted by Gasteiger charge is -2.32. The number of aromatic nitrogens is 1. The SMILES string of the molecule is Cc1ccnc2c1OCC1CC(F)CN21. The Hall–Kier alpha value is -1.32. The van der Waals surface area contributed by atoms with Crippen LogP contribution in [-0.4, -0.2) is 30.3 Å². The van der Waals surface area contributed by atoms with E-state index in [2.05, 4.69) is 4.98 Å². The highest BCUT2D eigenvalue weighted by Crippen LogP contribution is 2.38. The molecule has 1 saturated heterocycles. The normalized spacial score (nSPS) is 28.3. The van der Waals surface area contributed by atoms with Crippen LogP contribution in [0.25, 0.3) is 0 Å². The highest BCUT2D eigenvalue weighted by atomic mass is 19.1. The van der Waals surface area contributed by atoms with E-state index in [9.17, 15) is 4.39 Å². The van der Waals surface area contributed by atoms with Gasteiger partial charge in [0, 0.05) is 12.6 Å². The van der Waals surface area contributed by atoms with Gasteiger partial charge >= 0.3 is 0 Å². The first-order valence-corrected chi connectivity index (χ1v) is 5.25. The van der Waals surface area contributed by atoms with Crippen molar-refractivity contribution in [2.24, 2.45) is 0 Å². The molecule has 0 N–H and O–H groups in total. The van der Waals surface area contributed by atoms with Crippen molar-refractivity contribution in [3.05, 3.63) is 17.8 Å². The Morgan fingerprint density at radius 2 is 2.47 bits per heavy atom. The Kier molecular flexibility index (Phi) is 1.84. The number of aryl methyl sites for hydroxylation is 1. The summed E-state index contributed by atoms with van der Waals surface area (Å²) in [5.41, 5.74) is 1.07. The van der Waals surface area contributed by atoms with Gasteiger partial charge in [-0.2, -0.15) is 0 Å². The van der Waals surface area contributed by atoms with Crippen molar-refractivity contribution in [3.8, 4) is 5.75 Å². The van der Waals surface area contributed by atoms with Gasteiger partial charge in [0.25, 0.3) is 0 Å². The molecule has 0 aromatic carbocycles. The fourth-order valence-corrected chi connectivity index (χ4v) is 2.37. The molecule has 4 heteroatoms. The Morgan fingerprint density at radius 3 is 3.33 bits per heavy atom. The summed E-state index contributed by atoms with van der Waals surface area (Å²) in [6.45, 7) is 3.03. The third-order valence-electron chi connectivity index (χ3n) is 3.14. The van der Waals surface area contributed by atoms with Crippen molar-refractivity contribution < 1.29 is 9.13 Å². The summed E-state index contributed by atoms with van der Waals surface area (Å²) in [5, 5.41) is 0. The zero-order valence-electron chi connectivity index (χ0n) is 8.61. The van der Waals surface area contributed by atoms with Crippen LogP contribution >= 0.6 is 0 Å². The molecule has 1 aromatic rings. The van der Waals surface area contributed by atoms with Crippen LogP contribution in [0, 0.1) is 6.92 Å². The second kappa shape index (κ2) is 3.08. The van der Waals surface area contributed by atoms with Crippen LogP contribution in [0.4, 0.5) is 10.2 Å². The van der Waals surface area contributed by atoms with E-state index >= 15 is 0 Å². The maximum Gasteiger partial charge on any atom is 0.172 e. The quantitative estimate of drug-likeness (QED) is 0.649. The second-order valence-corrected chi connectivity index (χ2v) is 4.23. The Labute approximate surface area is 87.9 Å². The zero-order valence-corrected chi connectivity index (χ0v) is 8.61. The van der Waals surface area contributed by atoms with Crippen molar-refractivity contribution in [2.45, 2.75) is 25.6 Å². The molecule has 1 fully saturated rings. The molecule has 3 heterocycles. The van der Waals surface area contributed by atoms with Crippen molar-refractivity contribution >= 4 is 5.82 Å². The summed E-state index contributed by atoms with van der Waals surface area (Å²) in [5.74, 6) is 1.63. The van der Waals surface area contributed by atoms with E-state index in [4.69, 9.17) is 4.74 Å². The molecule has 0 amide bonds. The van der Waals surface area contributed by atoms with Crippen LogP contribution in [0.2, 0.25) is 0 Å². The van der Waals surface area contributed by atoms with Gasteiger partial charge < -0.3 is 9.64 Å². The van der Waals surface area contributed by atoms with E-state index in [0.29, 0.717) is 19.6 Å². The number of pyridine rings is 1. The van der Waals surface area contributed by atoms with E-state index < -0.39 is 6.17 Å². The predicted molar refractivity (Wildman–Crippen MR) is 55.1 cm³/mol. The van der Waals surface area contributed by atoms with Crippen molar-refractivity contribution in [1.29, 1.82) is 0 Å². The first kappa shape index (κ1) is 8.95. The minimum absolute atomic E-state index is 0.168. The number of hydrogen-bond acceptors (Lipinski definition) is 3. The minimum Gasteiger partial charge on any atom is -0.487 e. The van der Waals surface area contributed by atoms with Crippen LogP contribution in [0.15, 0.2) is 12.3 Å². The number of rotatable bonds is 0. The maximum atomic E-state index is 13.3. The summed E-state index contributed by atoms with van der Waals surface area (Å²) >= 11 is 0. The second-order valence-electron chi connectivity index (χ2n) is 4.23. The smallest absolute Gasteiger partial charge is 0.172 e. The maximum absolute atomic E-state index is 13.3. The largest absolute Gasteiger partial charge is 0.487 e. The van der Waals surface area contributed by atoms with Gasteiger partial charge in [0.2, 0.25) is 0 Å². The van der Waals surface area contributed by atoms with Gasteiger partial charge in [-0.05, 0) is 18.6 Å². The zero-order chi connectivity index (χ0) is 10.4. The first-order chi connectivity index (χ1) is 7.25. The molecule has 3 rings (SSSR count). The Morgan fingerprint density at radius 1 is 1.60 bits per heavy atom. The number of ether oxygens (including phenoxy) is 1. The van der Waals surface area contributed by atoms with Crippen LogP contribution < -0.4 is 9.64 Å². The lowest BCUT2D eigenvalue weighted by molar-refractivity contribution is 0.260. The monoisotopic (exact) mass is 208 g/mol. The van der Waals surface area contributed by atoms with Gasteiger partial charge in [-0.1, -0.05) is 0 Å². The third kappa shape index (κ3) is 1.28. The van der Waals surface area contributed by atoms with Crippen LogP contribution in [-0.2, 0) is 0 Å². The molecular weight excluding hydrogens is 195 g/mol. The first-order valence-electron chi connectivity index (χ1n) is 5.25. The Bertz CT molecular complexity index is 396. The Balaban J connectivity index is 2.05. The molecule has 2 atom stereocenters. The minimum atomic E-state index is -0.744. The molecule has 0 radical (unpaired) electrons. The van der Waals surface area contributed by atoms with Gasteiger partial charge in [0.05, 0.1) is 12.6 Å². The molecule has 2 aliphatic rings. The van der Waals surface area contributed by atoms with Gasteiger partial charge in [-0.3, -0.25) is 0 Å². The van der Waals surface area contributed by atoms with Crippen molar-refractivity contribution in [3.63, 3.8) is 0 Å². The molecule has 80 valence electrons. The lowest BCUT2D eigenvalue weighted by Crippen LogP contribution is -2.39. The fourth-order valence-electron chi connectivity index (χ4n) is 2.37. The van der Waals surface area contributed by atoms with Crippen LogP contribution in [0.5, 0.6) is 5.75 Å². The number of fused-ring (bicyclic) bond motifs is 3. The number of alkyl halides is 1. The molecule has 0 aliphatic carbocycles. The van der Waals surface area contributed by atoms with E-state index in [1.54, 1.807) is 6.20 Å². The average molecular weight is 208 g/mol. The lowest BCUT2D eigenvalue weighted by atomic mass is 10.2. The highest BCUT2D eigenvalue weighted by molar-refractivity contribution is 5.59. The summed E-state index contributed by atoms with van der Waals surface area (Å²) in [6.07, 6.45) is 1.58. The molecule has 2 aliphatic heterocycles. The summed E-state index contributed by atoms with van der Waals surface area (Å²) in [7, 11) is 0. The number of nitrogens with zero attached hydrogens (tertiary/aromatic N) is 2. The average Bonchev–Trinajstić information content (AvgIpc) is 2.59. The van der Waals surface area contributed by atoms with Gasteiger partial charge in [0.1, 0.15) is 12.8 Å².